The van der Waals surface area contributed by atoms with Crippen LogP contribution in [0.2, 0.25) is 15.1 Å². The van der Waals surface area contributed by atoms with E-state index in [1.165, 1.54) is 30.3 Å². The summed E-state index contributed by atoms with van der Waals surface area (Å²) in [5.74, 6) is -3.22. The molecule has 1 aliphatic rings. The van der Waals surface area contributed by atoms with Crippen molar-refractivity contribution in [3.05, 3.63) is 92.2 Å². The van der Waals surface area contributed by atoms with E-state index in [4.69, 9.17) is 63.3 Å². The van der Waals surface area contributed by atoms with Crippen LogP contribution in [0.5, 0.6) is 0 Å². The maximum Gasteiger partial charge on any atom is 0.257 e. The largest absolute Gasteiger partial charge is 0.326 e. The lowest BCUT2D eigenvalue weighted by atomic mass is 10.1. The minimum absolute atomic E-state index is 0.0335. The highest BCUT2D eigenvalue weighted by atomic mass is 35.5. The van der Waals surface area contributed by atoms with Crippen molar-refractivity contribution >= 4 is 81.2 Å². The average Bonchev–Trinajstić information content (AvgIpc) is 3.36. The van der Waals surface area contributed by atoms with Gasteiger partial charge in [0.1, 0.15) is 16.2 Å². The Bertz CT molecular complexity index is 1390. The number of amides is 2. The molecule has 35 heavy (non-hydrogen) atoms. The Morgan fingerprint density at radius 1 is 0.914 bits per heavy atom. The number of hydrogen-bond donors (Lipinski definition) is 2. The quantitative estimate of drug-likeness (QED) is 0.313. The van der Waals surface area contributed by atoms with Crippen molar-refractivity contribution in [2.75, 3.05) is 10.6 Å². The molecule has 3 aromatic rings. The summed E-state index contributed by atoms with van der Waals surface area (Å²) in [6.07, 6.45) is 0. The zero-order valence-corrected chi connectivity index (χ0v) is 21.2. The van der Waals surface area contributed by atoms with Crippen LogP contribution in [0, 0.1) is 23.1 Å². The van der Waals surface area contributed by atoms with Gasteiger partial charge in [0.15, 0.2) is 0 Å². The van der Waals surface area contributed by atoms with Crippen LogP contribution >= 0.6 is 58.0 Å². The monoisotopic (exact) mass is 569 g/mol. The van der Waals surface area contributed by atoms with Crippen molar-refractivity contribution < 1.29 is 14.0 Å². The number of carbonyl (C=O) groups excluding carboxylic acids is 2. The van der Waals surface area contributed by atoms with Gasteiger partial charge in [0, 0.05) is 27.3 Å². The smallest absolute Gasteiger partial charge is 0.257 e. The number of hydrogen-bond acceptors (Lipinski definition) is 3. The second kappa shape index (κ2) is 9.85. The van der Waals surface area contributed by atoms with Gasteiger partial charge in [-0.3, -0.25) is 9.59 Å². The Hall–Kier alpha value is -2.53. The van der Waals surface area contributed by atoms with Crippen LogP contribution in [0.4, 0.5) is 15.8 Å². The van der Waals surface area contributed by atoms with Crippen molar-refractivity contribution in [2.24, 2.45) is 5.92 Å². The SMILES string of the molecule is N#Cc1ccc(NC(=O)c2cc(NC(=O)[C@H]3[C@H](c4cc(Cl)cc(Cl)c4)C3(Cl)Cl)ccc2Cl)cc1F. The van der Waals surface area contributed by atoms with Gasteiger partial charge < -0.3 is 10.6 Å². The number of alkyl halides is 2. The molecule has 2 N–H and O–H groups in total. The number of nitriles is 1. The molecule has 0 radical (unpaired) electrons. The van der Waals surface area contributed by atoms with Crippen LogP contribution in [0.3, 0.4) is 0 Å². The highest BCUT2D eigenvalue weighted by Crippen LogP contribution is 2.65. The number of carbonyl (C=O) groups is 2. The molecule has 5 nitrogen and oxygen atoms in total. The van der Waals surface area contributed by atoms with Crippen LogP contribution in [0.25, 0.3) is 0 Å². The molecule has 2 amide bonds. The summed E-state index contributed by atoms with van der Waals surface area (Å²) in [5.41, 5.74) is 0.907. The third-order valence-electron chi connectivity index (χ3n) is 5.41. The minimum atomic E-state index is -1.37. The number of nitrogens with one attached hydrogen (secondary N) is 2. The standard InChI is InChI=1S/C24H13Cl5FN3O2/c25-13-5-12(6-14(26)7-13)20-21(24(20,28)29)23(35)33-15-3-4-18(27)17(8-15)22(34)32-16-2-1-11(10-31)19(30)9-16/h1-9,20-21H,(H,32,34)(H,33,35)/t20-,21+/m0/s1. The van der Waals surface area contributed by atoms with Crippen LogP contribution in [-0.4, -0.2) is 16.1 Å². The number of halogens is 6. The molecule has 0 heterocycles. The number of benzene rings is 3. The van der Waals surface area contributed by atoms with E-state index in [0.717, 1.165) is 6.07 Å². The lowest BCUT2D eigenvalue weighted by molar-refractivity contribution is -0.117. The Morgan fingerprint density at radius 2 is 1.54 bits per heavy atom. The van der Waals surface area contributed by atoms with E-state index < -0.39 is 33.8 Å². The van der Waals surface area contributed by atoms with Crippen LogP contribution in [-0.2, 0) is 4.79 Å². The van der Waals surface area contributed by atoms with E-state index in [1.807, 2.05) is 0 Å². The lowest BCUT2D eigenvalue weighted by Gasteiger charge is -2.11. The molecule has 0 spiro atoms. The summed E-state index contributed by atoms with van der Waals surface area (Å²) in [5, 5.41) is 14.9. The first kappa shape index (κ1) is 25.6. The van der Waals surface area contributed by atoms with Gasteiger partial charge in [0.25, 0.3) is 5.91 Å². The number of nitrogens with zero attached hydrogens (tertiary/aromatic N) is 1. The highest BCUT2D eigenvalue weighted by molar-refractivity contribution is 6.53. The zero-order chi connectivity index (χ0) is 25.5. The number of anilines is 2. The van der Waals surface area contributed by atoms with Gasteiger partial charge in [-0.1, -0.05) is 34.8 Å². The molecule has 3 aromatic carbocycles. The highest BCUT2D eigenvalue weighted by Gasteiger charge is 2.67. The molecule has 1 fully saturated rings. The van der Waals surface area contributed by atoms with Crippen molar-refractivity contribution in [1.82, 2.24) is 0 Å². The molecular weight excluding hydrogens is 559 g/mol. The number of rotatable bonds is 5. The summed E-state index contributed by atoms with van der Waals surface area (Å²) in [7, 11) is 0. The predicted molar refractivity (Wildman–Crippen MR) is 136 cm³/mol. The first-order valence-corrected chi connectivity index (χ1v) is 11.9. The summed E-state index contributed by atoms with van der Waals surface area (Å²) in [6, 6.07) is 14.5. The fourth-order valence-corrected chi connectivity index (χ4v) is 5.28. The van der Waals surface area contributed by atoms with E-state index in [2.05, 4.69) is 10.6 Å². The normalized spacial score (nSPS) is 17.9. The molecule has 0 bridgehead atoms. The Balaban J connectivity index is 1.51. The van der Waals surface area contributed by atoms with Gasteiger partial charge in [0.2, 0.25) is 5.91 Å². The maximum atomic E-state index is 13.8. The fourth-order valence-electron chi connectivity index (χ4n) is 3.70. The van der Waals surface area contributed by atoms with Crippen molar-refractivity contribution in [2.45, 2.75) is 10.3 Å². The molecule has 1 saturated carbocycles. The van der Waals surface area contributed by atoms with Gasteiger partial charge in [-0.2, -0.15) is 5.26 Å². The molecule has 1 aliphatic carbocycles. The second-order valence-electron chi connectivity index (χ2n) is 7.78. The van der Waals surface area contributed by atoms with E-state index in [-0.39, 0.29) is 27.5 Å². The summed E-state index contributed by atoms with van der Waals surface area (Å²) >= 11 is 31.1. The molecular formula is C24H13Cl5FN3O2. The minimum Gasteiger partial charge on any atom is -0.326 e. The van der Waals surface area contributed by atoms with Gasteiger partial charge in [-0.05, 0) is 60.2 Å². The van der Waals surface area contributed by atoms with E-state index in [9.17, 15) is 14.0 Å². The lowest BCUT2D eigenvalue weighted by Crippen LogP contribution is -2.18. The zero-order valence-electron chi connectivity index (χ0n) is 17.4. The molecule has 0 saturated heterocycles. The Morgan fingerprint density at radius 3 is 2.17 bits per heavy atom. The molecule has 0 aliphatic heterocycles. The van der Waals surface area contributed by atoms with E-state index in [0.29, 0.717) is 15.6 Å². The van der Waals surface area contributed by atoms with Gasteiger partial charge in [-0.15, -0.1) is 23.2 Å². The van der Waals surface area contributed by atoms with Crippen LogP contribution in [0.1, 0.15) is 27.4 Å². The van der Waals surface area contributed by atoms with E-state index >= 15 is 0 Å². The molecule has 178 valence electrons. The molecule has 2 atom stereocenters. The fraction of sp³-hybridized carbons (Fsp3) is 0.125. The topological polar surface area (TPSA) is 82.0 Å². The van der Waals surface area contributed by atoms with Crippen molar-refractivity contribution in [3.63, 3.8) is 0 Å². The molecule has 11 heteroatoms. The molecule has 0 unspecified atom stereocenters. The average molecular weight is 572 g/mol. The second-order valence-corrected chi connectivity index (χ2v) is 10.5. The van der Waals surface area contributed by atoms with Crippen LogP contribution in [0.15, 0.2) is 54.6 Å². The first-order chi connectivity index (χ1) is 16.5. The van der Waals surface area contributed by atoms with Crippen molar-refractivity contribution in [3.8, 4) is 6.07 Å². The first-order valence-electron chi connectivity index (χ1n) is 9.96. The summed E-state index contributed by atoms with van der Waals surface area (Å²) in [6.45, 7) is 0. The van der Waals surface area contributed by atoms with E-state index in [1.54, 1.807) is 24.3 Å². The van der Waals surface area contributed by atoms with Gasteiger partial charge >= 0.3 is 0 Å². The predicted octanol–water partition coefficient (Wildman–Crippen LogP) is 7.44. The molecule has 4 rings (SSSR count). The molecule has 0 aromatic heterocycles. The Kier molecular flexibility index (Phi) is 7.19. The Labute approximate surface area is 224 Å². The van der Waals surface area contributed by atoms with Crippen molar-refractivity contribution in [1.29, 1.82) is 5.26 Å². The van der Waals surface area contributed by atoms with Crippen LogP contribution < -0.4 is 10.6 Å². The van der Waals surface area contributed by atoms with Gasteiger partial charge in [0.05, 0.1) is 22.1 Å². The summed E-state index contributed by atoms with van der Waals surface area (Å²) < 4.78 is 12.5. The maximum absolute atomic E-state index is 13.8. The van der Waals surface area contributed by atoms with Gasteiger partial charge in [-0.25, -0.2) is 4.39 Å². The third-order valence-corrected chi connectivity index (χ3v) is 7.11. The third kappa shape index (κ3) is 5.35. The summed E-state index contributed by atoms with van der Waals surface area (Å²) in [4.78, 5) is 25.7.